The van der Waals surface area contributed by atoms with Crippen LogP contribution in [-0.4, -0.2) is 41.0 Å². The van der Waals surface area contributed by atoms with Crippen LogP contribution in [0.5, 0.6) is 0 Å². The van der Waals surface area contributed by atoms with E-state index in [-0.39, 0.29) is 12.8 Å². The van der Waals surface area contributed by atoms with Gasteiger partial charge < -0.3 is 21.1 Å². The van der Waals surface area contributed by atoms with Crippen LogP contribution in [0.2, 0.25) is 4.34 Å². The van der Waals surface area contributed by atoms with Crippen molar-refractivity contribution < 1.29 is 19.5 Å². The van der Waals surface area contributed by atoms with Crippen molar-refractivity contribution in [2.75, 3.05) is 7.05 Å². The molecule has 0 aliphatic heterocycles. The molecule has 0 bridgehead atoms. The van der Waals surface area contributed by atoms with Crippen molar-refractivity contribution >= 4 is 40.8 Å². The molecular weight excluding hydrogens is 318 g/mol. The highest BCUT2D eigenvalue weighted by atomic mass is 35.5. The lowest BCUT2D eigenvalue weighted by atomic mass is 10.1. The van der Waals surface area contributed by atoms with Gasteiger partial charge in [-0.3, -0.25) is 4.79 Å². The fraction of sp³-hybridized carbons (Fsp3) is 0.417. The Hall–Kier alpha value is -1.80. The number of thiophene rings is 1. The molecule has 0 saturated heterocycles. The number of nitrogens with zero attached hydrogens (tertiary/aromatic N) is 1. The Morgan fingerprint density at radius 3 is 2.62 bits per heavy atom. The van der Waals surface area contributed by atoms with Crippen LogP contribution in [0, 0.1) is 0 Å². The van der Waals surface area contributed by atoms with Gasteiger partial charge in [-0.25, -0.2) is 9.59 Å². The van der Waals surface area contributed by atoms with E-state index in [0.717, 1.165) is 4.88 Å². The van der Waals surface area contributed by atoms with E-state index >= 15 is 0 Å². The first-order valence-corrected chi connectivity index (χ1v) is 7.26. The Morgan fingerprint density at radius 1 is 1.48 bits per heavy atom. The van der Waals surface area contributed by atoms with E-state index in [9.17, 15) is 14.4 Å². The standard InChI is InChI=1S/C12H16ClN3O4S/c1-16(6-7-2-4-9(13)21-7)12(20)15-8(11(18)19)3-5-10(14)17/h2,4,8H,3,5-6H2,1H3,(H2,14,17)(H,15,20)(H,18,19). The zero-order chi connectivity index (χ0) is 16.0. The lowest BCUT2D eigenvalue weighted by Gasteiger charge is -2.20. The minimum absolute atomic E-state index is 0.0466. The van der Waals surface area contributed by atoms with Gasteiger partial charge in [0.25, 0.3) is 0 Å². The number of primary amides is 1. The second-order valence-corrected chi connectivity index (χ2v) is 6.21. The van der Waals surface area contributed by atoms with Gasteiger partial charge in [-0.15, -0.1) is 11.3 Å². The molecule has 3 amide bonds. The molecule has 0 fully saturated rings. The van der Waals surface area contributed by atoms with Gasteiger partial charge in [0.05, 0.1) is 10.9 Å². The lowest BCUT2D eigenvalue weighted by molar-refractivity contribution is -0.139. The largest absolute Gasteiger partial charge is 0.480 e. The summed E-state index contributed by atoms with van der Waals surface area (Å²) in [5.41, 5.74) is 4.97. The molecule has 1 atom stereocenters. The third kappa shape index (κ3) is 6.01. The van der Waals surface area contributed by atoms with Gasteiger partial charge in [0.1, 0.15) is 6.04 Å². The highest BCUT2D eigenvalue weighted by Gasteiger charge is 2.22. The second-order valence-electron chi connectivity index (χ2n) is 4.41. The summed E-state index contributed by atoms with van der Waals surface area (Å²) in [6.45, 7) is 0.311. The fourth-order valence-electron chi connectivity index (χ4n) is 1.55. The van der Waals surface area contributed by atoms with Crippen LogP contribution in [0.15, 0.2) is 12.1 Å². The number of nitrogens with two attached hydrogens (primary N) is 1. The number of carboxylic acid groups (broad SMARTS) is 1. The molecule has 21 heavy (non-hydrogen) atoms. The van der Waals surface area contributed by atoms with Gasteiger partial charge in [0, 0.05) is 18.3 Å². The summed E-state index contributed by atoms with van der Waals surface area (Å²) in [6, 6.07) is 1.81. The number of carboxylic acids is 1. The molecule has 0 saturated carbocycles. The maximum Gasteiger partial charge on any atom is 0.326 e. The van der Waals surface area contributed by atoms with Gasteiger partial charge in [0.15, 0.2) is 0 Å². The molecule has 1 heterocycles. The van der Waals surface area contributed by atoms with Crippen molar-refractivity contribution in [1.29, 1.82) is 0 Å². The molecule has 0 spiro atoms. The van der Waals surface area contributed by atoms with Gasteiger partial charge in [-0.05, 0) is 18.6 Å². The van der Waals surface area contributed by atoms with Crippen LogP contribution in [0.25, 0.3) is 0 Å². The van der Waals surface area contributed by atoms with E-state index in [1.807, 2.05) is 0 Å². The van der Waals surface area contributed by atoms with Crippen LogP contribution in [0.3, 0.4) is 0 Å². The highest BCUT2D eigenvalue weighted by Crippen LogP contribution is 2.22. The highest BCUT2D eigenvalue weighted by molar-refractivity contribution is 7.16. The van der Waals surface area contributed by atoms with E-state index in [1.54, 1.807) is 12.1 Å². The van der Waals surface area contributed by atoms with Gasteiger partial charge in [-0.1, -0.05) is 11.6 Å². The van der Waals surface area contributed by atoms with E-state index < -0.39 is 23.9 Å². The molecule has 116 valence electrons. The number of rotatable bonds is 7. The number of halogens is 1. The minimum atomic E-state index is -1.21. The zero-order valence-electron chi connectivity index (χ0n) is 11.3. The molecule has 1 rings (SSSR count). The number of hydrogen-bond acceptors (Lipinski definition) is 4. The van der Waals surface area contributed by atoms with E-state index in [4.69, 9.17) is 22.4 Å². The Kier molecular flexibility index (Phi) is 6.44. The van der Waals surface area contributed by atoms with Crippen molar-refractivity contribution in [3.8, 4) is 0 Å². The smallest absolute Gasteiger partial charge is 0.326 e. The molecule has 9 heteroatoms. The first kappa shape index (κ1) is 17.3. The zero-order valence-corrected chi connectivity index (χ0v) is 12.9. The summed E-state index contributed by atoms with van der Waals surface area (Å²) in [7, 11) is 1.54. The van der Waals surface area contributed by atoms with Gasteiger partial charge in [0.2, 0.25) is 5.91 Å². The van der Waals surface area contributed by atoms with E-state index in [0.29, 0.717) is 10.9 Å². The monoisotopic (exact) mass is 333 g/mol. The van der Waals surface area contributed by atoms with Crippen LogP contribution in [-0.2, 0) is 16.1 Å². The normalized spacial score (nSPS) is 11.7. The number of carbonyl (C=O) groups is 3. The SMILES string of the molecule is CN(Cc1ccc(Cl)s1)C(=O)NC(CCC(N)=O)C(=O)O. The number of hydrogen-bond donors (Lipinski definition) is 3. The Balaban J connectivity index is 2.55. The van der Waals surface area contributed by atoms with Crippen molar-refractivity contribution in [3.05, 3.63) is 21.3 Å². The molecule has 0 aliphatic carbocycles. The maximum atomic E-state index is 11.9. The predicted octanol–water partition coefficient (Wildman–Crippen LogP) is 1.26. The quantitative estimate of drug-likeness (QED) is 0.697. The van der Waals surface area contributed by atoms with Crippen molar-refractivity contribution in [1.82, 2.24) is 10.2 Å². The number of amides is 3. The summed E-state index contributed by atoms with van der Waals surface area (Å²) in [5, 5.41) is 11.4. The summed E-state index contributed by atoms with van der Waals surface area (Å²) in [4.78, 5) is 35.8. The summed E-state index contributed by atoms with van der Waals surface area (Å²) >= 11 is 7.14. The molecule has 1 aromatic heterocycles. The molecule has 0 aromatic carbocycles. The number of urea groups is 1. The molecule has 0 radical (unpaired) electrons. The Morgan fingerprint density at radius 2 is 2.14 bits per heavy atom. The number of nitrogens with one attached hydrogen (secondary N) is 1. The summed E-state index contributed by atoms with van der Waals surface area (Å²) in [5.74, 6) is -1.82. The average molecular weight is 334 g/mol. The topological polar surface area (TPSA) is 113 Å². The Bertz CT molecular complexity index is 534. The van der Waals surface area contributed by atoms with Crippen molar-refractivity contribution in [3.63, 3.8) is 0 Å². The maximum absolute atomic E-state index is 11.9. The number of aliphatic carboxylic acids is 1. The van der Waals surface area contributed by atoms with Crippen LogP contribution >= 0.6 is 22.9 Å². The first-order chi connectivity index (χ1) is 9.79. The first-order valence-electron chi connectivity index (χ1n) is 6.06. The van der Waals surface area contributed by atoms with Crippen molar-refractivity contribution in [2.24, 2.45) is 5.73 Å². The molecule has 4 N–H and O–H groups in total. The fourth-order valence-corrected chi connectivity index (χ4v) is 2.69. The molecule has 7 nitrogen and oxygen atoms in total. The number of carbonyl (C=O) groups excluding carboxylic acids is 2. The van der Waals surface area contributed by atoms with E-state index in [1.165, 1.54) is 23.3 Å². The lowest BCUT2D eigenvalue weighted by Crippen LogP contribution is -2.46. The summed E-state index contributed by atoms with van der Waals surface area (Å²) in [6.07, 6.45) is -0.156. The van der Waals surface area contributed by atoms with Crippen molar-refractivity contribution in [2.45, 2.75) is 25.4 Å². The van der Waals surface area contributed by atoms with Crippen LogP contribution < -0.4 is 11.1 Å². The third-order valence-electron chi connectivity index (χ3n) is 2.64. The molecular formula is C12H16ClN3O4S. The van der Waals surface area contributed by atoms with Crippen LogP contribution in [0.1, 0.15) is 17.7 Å². The van der Waals surface area contributed by atoms with Crippen LogP contribution in [0.4, 0.5) is 4.79 Å². The van der Waals surface area contributed by atoms with Gasteiger partial charge >= 0.3 is 12.0 Å². The molecule has 1 unspecified atom stereocenters. The Labute approximate surface area is 130 Å². The average Bonchev–Trinajstić information content (AvgIpc) is 2.78. The third-order valence-corrected chi connectivity index (χ3v) is 3.86. The molecule has 1 aromatic rings. The predicted molar refractivity (Wildman–Crippen MR) is 79.2 cm³/mol. The second kappa shape index (κ2) is 7.84. The summed E-state index contributed by atoms with van der Waals surface area (Å²) < 4.78 is 0.615. The van der Waals surface area contributed by atoms with E-state index in [2.05, 4.69) is 5.32 Å². The molecule has 0 aliphatic rings. The minimum Gasteiger partial charge on any atom is -0.480 e. The van der Waals surface area contributed by atoms with Gasteiger partial charge in [-0.2, -0.15) is 0 Å².